The van der Waals surface area contributed by atoms with Gasteiger partial charge in [0.2, 0.25) is 0 Å². The second-order valence-corrected chi connectivity index (χ2v) is 8.26. The number of amides is 1. The average Bonchev–Trinajstić information content (AvgIpc) is 2.72. The van der Waals surface area contributed by atoms with E-state index in [1.807, 2.05) is 30.5 Å². The zero-order chi connectivity index (χ0) is 18.8. The normalized spacial score (nSPS) is 13.4. The minimum atomic E-state index is -0.168. The molecule has 1 aliphatic heterocycles. The maximum Gasteiger partial charge on any atom is 0.262 e. The van der Waals surface area contributed by atoms with Crippen LogP contribution in [-0.2, 0) is 13.1 Å². The number of benzene rings is 2. The SMILES string of the molecule is CSc1ccc(CNC(=O)c2ccc3c(=O)n4c(nc3c2)SCCC4)cc1. The summed E-state index contributed by atoms with van der Waals surface area (Å²) in [7, 11) is 0. The third-order valence-corrected chi connectivity index (χ3v) is 6.36. The van der Waals surface area contributed by atoms with E-state index >= 15 is 0 Å². The molecular formula is C20H19N3O2S2. The zero-order valence-corrected chi connectivity index (χ0v) is 16.5. The van der Waals surface area contributed by atoms with Crippen LogP contribution in [0.4, 0.5) is 0 Å². The van der Waals surface area contributed by atoms with Gasteiger partial charge in [-0.05, 0) is 48.6 Å². The number of aromatic nitrogens is 2. The maximum atomic E-state index is 12.6. The van der Waals surface area contributed by atoms with Crippen LogP contribution in [0.25, 0.3) is 10.9 Å². The van der Waals surface area contributed by atoms with Crippen LogP contribution in [0.15, 0.2) is 57.3 Å². The third kappa shape index (κ3) is 3.75. The van der Waals surface area contributed by atoms with E-state index in [2.05, 4.69) is 10.3 Å². The van der Waals surface area contributed by atoms with Gasteiger partial charge in [-0.2, -0.15) is 0 Å². The Morgan fingerprint density at radius 3 is 2.85 bits per heavy atom. The van der Waals surface area contributed by atoms with E-state index in [-0.39, 0.29) is 11.5 Å². The van der Waals surface area contributed by atoms with Crippen LogP contribution < -0.4 is 10.9 Å². The fourth-order valence-electron chi connectivity index (χ4n) is 3.06. The molecule has 138 valence electrons. The van der Waals surface area contributed by atoms with Crippen LogP contribution in [0.5, 0.6) is 0 Å². The Morgan fingerprint density at radius 2 is 2.07 bits per heavy atom. The van der Waals surface area contributed by atoms with Crippen molar-refractivity contribution in [2.75, 3.05) is 12.0 Å². The molecule has 7 heteroatoms. The molecule has 1 aliphatic rings. The summed E-state index contributed by atoms with van der Waals surface area (Å²) in [4.78, 5) is 30.9. The van der Waals surface area contributed by atoms with Crippen molar-refractivity contribution >= 4 is 40.3 Å². The molecule has 3 aromatic rings. The van der Waals surface area contributed by atoms with Crippen molar-refractivity contribution < 1.29 is 4.79 Å². The highest BCUT2D eigenvalue weighted by molar-refractivity contribution is 7.99. The zero-order valence-electron chi connectivity index (χ0n) is 14.9. The number of fused-ring (bicyclic) bond motifs is 2. The quantitative estimate of drug-likeness (QED) is 0.539. The van der Waals surface area contributed by atoms with E-state index < -0.39 is 0 Å². The fraction of sp³-hybridized carbons (Fsp3) is 0.250. The summed E-state index contributed by atoms with van der Waals surface area (Å²) in [5.74, 6) is 0.797. The molecule has 2 heterocycles. The Bertz CT molecular complexity index is 1060. The van der Waals surface area contributed by atoms with Crippen molar-refractivity contribution in [2.45, 2.75) is 29.6 Å². The van der Waals surface area contributed by atoms with E-state index in [4.69, 9.17) is 0 Å². The van der Waals surface area contributed by atoms with Gasteiger partial charge in [0.05, 0.1) is 10.9 Å². The summed E-state index contributed by atoms with van der Waals surface area (Å²) in [6.07, 6.45) is 3.01. The van der Waals surface area contributed by atoms with Gasteiger partial charge in [-0.3, -0.25) is 14.2 Å². The number of nitrogens with zero attached hydrogens (tertiary/aromatic N) is 2. The number of carbonyl (C=O) groups excluding carboxylic acids is 1. The average molecular weight is 398 g/mol. The maximum absolute atomic E-state index is 12.6. The van der Waals surface area contributed by atoms with Gasteiger partial charge in [-0.15, -0.1) is 11.8 Å². The highest BCUT2D eigenvalue weighted by Crippen LogP contribution is 2.23. The van der Waals surface area contributed by atoms with E-state index in [0.717, 1.165) is 22.9 Å². The standard InChI is InChI=1S/C20H19N3O2S2/c1-26-15-6-3-13(4-7-15)12-21-18(24)14-5-8-16-17(11-14)22-20-23(19(16)25)9-2-10-27-20/h3-8,11H,2,9-10,12H2,1H3,(H,21,24). The Hall–Kier alpha value is -2.25. The lowest BCUT2D eigenvalue weighted by Crippen LogP contribution is -2.27. The molecule has 0 radical (unpaired) electrons. The molecule has 0 saturated carbocycles. The van der Waals surface area contributed by atoms with Gasteiger partial charge in [0.1, 0.15) is 0 Å². The summed E-state index contributed by atoms with van der Waals surface area (Å²) >= 11 is 3.28. The molecule has 0 unspecified atom stereocenters. The molecule has 0 atom stereocenters. The van der Waals surface area contributed by atoms with Crippen molar-refractivity contribution in [3.63, 3.8) is 0 Å². The minimum Gasteiger partial charge on any atom is -0.348 e. The molecule has 0 aliphatic carbocycles. The highest BCUT2D eigenvalue weighted by atomic mass is 32.2. The first-order chi connectivity index (χ1) is 13.2. The van der Waals surface area contributed by atoms with Crippen molar-refractivity contribution in [1.29, 1.82) is 0 Å². The van der Waals surface area contributed by atoms with Crippen molar-refractivity contribution in [2.24, 2.45) is 0 Å². The van der Waals surface area contributed by atoms with Gasteiger partial charge in [-0.1, -0.05) is 23.9 Å². The smallest absolute Gasteiger partial charge is 0.262 e. The number of rotatable bonds is 4. The summed E-state index contributed by atoms with van der Waals surface area (Å²) in [5.41, 5.74) is 2.12. The number of nitrogens with one attached hydrogen (secondary N) is 1. The molecule has 0 fully saturated rings. The van der Waals surface area contributed by atoms with E-state index in [1.54, 1.807) is 46.3 Å². The molecule has 0 spiro atoms. The second kappa shape index (κ2) is 7.78. The number of carbonyl (C=O) groups is 1. The molecule has 5 nitrogen and oxygen atoms in total. The largest absolute Gasteiger partial charge is 0.348 e. The molecular weight excluding hydrogens is 378 g/mol. The number of thioether (sulfide) groups is 2. The fourth-order valence-corrected chi connectivity index (χ4v) is 4.42. The molecule has 1 amide bonds. The van der Waals surface area contributed by atoms with Crippen molar-refractivity contribution in [3.05, 3.63) is 63.9 Å². The van der Waals surface area contributed by atoms with Gasteiger partial charge in [0.25, 0.3) is 11.5 Å². The van der Waals surface area contributed by atoms with E-state index in [0.29, 0.717) is 29.6 Å². The Morgan fingerprint density at radius 1 is 1.26 bits per heavy atom. The van der Waals surface area contributed by atoms with Crippen LogP contribution >= 0.6 is 23.5 Å². The van der Waals surface area contributed by atoms with Crippen LogP contribution in [-0.4, -0.2) is 27.5 Å². The molecule has 27 heavy (non-hydrogen) atoms. The van der Waals surface area contributed by atoms with Gasteiger partial charge < -0.3 is 5.32 Å². The van der Waals surface area contributed by atoms with Gasteiger partial charge in [0.15, 0.2) is 5.16 Å². The molecule has 1 aromatic heterocycles. The molecule has 0 saturated heterocycles. The molecule has 1 N–H and O–H groups in total. The highest BCUT2D eigenvalue weighted by Gasteiger charge is 2.16. The predicted molar refractivity (Wildman–Crippen MR) is 111 cm³/mol. The number of hydrogen-bond donors (Lipinski definition) is 1. The van der Waals surface area contributed by atoms with E-state index in [1.165, 1.54) is 4.90 Å². The monoisotopic (exact) mass is 397 g/mol. The lowest BCUT2D eigenvalue weighted by molar-refractivity contribution is 0.0951. The molecule has 2 aromatic carbocycles. The Kier molecular flexibility index (Phi) is 5.22. The lowest BCUT2D eigenvalue weighted by Gasteiger charge is -2.17. The first-order valence-electron chi connectivity index (χ1n) is 8.74. The topological polar surface area (TPSA) is 64.0 Å². The van der Waals surface area contributed by atoms with Crippen molar-refractivity contribution in [1.82, 2.24) is 14.9 Å². The van der Waals surface area contributed by atoms with E-state index in [9.17, 15) is 9.59 Å². The van der Waals surface area contributed by atoms with Crippen molar-refractivity contribution in [3.8, 4) is 0 Å². The predicted octanol–water partition coefficient (Wildman–Crippen LogP) is 3.54. The van der Waals surface area contributed by atoms with Gasteiger partial charge in [-0.25, -0.2) is 4.98 Å². The first-order valence-corrected chi connectivity index (χ1v) is 11.0. The van der Waals surface area contributed by atoms with Crippen LogP contribution in [0.3, 0.4) is 0 Å². The first kappa shape index (κ1) is 18.1. The summed E-state index contributed by atoms with van der Waals surface area (Å²) < 4.78 is 1.73. The Balaban J connectivity index is 1.55. The van der Waals surface area contributed by atoms with Crippen LogP contribution in [0.1, 0.15) is 22.3 Å². The van der Waals surface area contributed by atoms with Gasteiger partial charge in [0, 0.05) is 29.3 Å². The number of hydrogen-bond acceptors (Lipinski definition) is 5. The van der Waals surface area contributed by atoms with Gasteiger partial charge >= 0.3 is 0 Å². The third-order valence-electron chi connectivity index (χ3n) is 4.55. The Labute approximate surface area is 165 Å². The summed E-state index contributed by atoms with van der Waals surface area (Å²) in [5, 5.41) is 4.23. The summed E-state index contributed by atoms with van der Waals surface area (Å²) in [6, 6.07) is 13.2. The molecule has 0 bridgehead atoms. The lowest BCUT2D eigenvalue weighted by atomic mass is 10.1. The van der Waals surface area contributed by atoms with Crippen LogP contribution in [0, 0.1) is 0 Å². The molecule has 4 rings (SSSR count). The second-order valence-electron chi connectivity index (χ2n) is 6.32. The van der Waals surface area contributed by atoms with Crippen LogP contribution in [0.2, 0.25) is 0 Å². The summed E-state index contributed by atoms with van der Waals surface area (Å²) in [6.45, 7) is 1.17. The minimum absolute atomic E-state index is 0.0250.